The van der Waals surface area contributed by atoms with Crippen molar-refractivity contribution in [1.29, 1.82) is 0 Å². The van der Waals surface area contributed by atoms with Crippen LogP contribution in [0, 0.1) is 0 Å². The summed E-state index contributed by atoms with van der Waals surface area (Å²) in [4.78, 5) is 9.61. The van der Waals surface area contributed by atoms with Gasteiger partial charge < -0.3 is 14.1 Å². The molecule has 3 aromatic rings. The first-order valence-electron chi connectivity index (χ1n) is 10.4. The summed E-state index contributed by atoms with van der Waals surface area (Å²) in [7, 11) is 1.75. The standard InChI is InChI=1S/C24H29N3O2/c1-3-19-10-11-23(28-2)22(16-19)27-13-7-12-26(14-15-27)17-21-18-29-24(25-21)20-8-5-4-6-9-20/h4-6,8-11,16,18H,3,7,12-15,17H2,1-2H3. The molecule has 0 radical (unpaired) electrons. The summed E-state index contributed by atoms with van der Waals surface area (Å²) in [5, 5.41) is 0. The van der Waals surface area contributed by atoms with Crippen molar-refractivity contribution in [3.63, 3.8) is 0 Å². The average molecular weight is 392 g/mol. The first kappa shape index (κ1) is 19.5. The average Bonchev–Trinajstić information content (AvgIpc) is 3.12. The van der Waals surface area contributed by atoms with E-state index in [2.05, 4.69) is 34.9 Å². The van der Waals surface area contributed by atoms with Crippen LogP contribution in [0.15, 0.2) is 59.2 Å². The number of oxazole rings is 1. The molecular formula is C24H29N3O2. The zero-order chi connectivity index (χ0) is 20.1. The first-order chi connectivity index (χ1) is 14.3. The molecule has 152 valence electrons. The number of rotatable bonds is 6. The molecule has 5 nitrogen and oxygen atoms in total. The van der Waals surface area contributed by atoms with Crippen molar-refractivity contribution < 1.29 is 9.15 Å². The van der Waals surface area contributed by atoms with E-state index in [0.717, 1.165) is 62.6 Å². The van der Waals surface area contributed by atoms with E-state index >= 15 is 0 Å². The number of methoxy groups -OCH3 is 1. The van der Waals surface area contributed by atoms with Gasteiger partial charge in [0.05, 0.1) is 18.5 Å². The number of anilines is 1. The zero-order valence-corrected chi connectivity index (χ0v) is 17.3. The van der Waals surface area contributed by atoms with Crippen molar-refractivity contribution in [2.75, 3.05) is 38.2 Å². The summed E-state index contributed by atoms with van der Waals surface area (Å²) >= 11 is 0. The zero-order valence-electron chi connectivity index (χ0n) is 17.3. The summed E-state index contributed by atoms with van der Waals surface area (Å²) in [5.74, 6) is 1.65. The number of hydrogen-bond acceptors (Lipinski definition) is 5. The van der Waals surface area contributed by atoms with E-state index in [4.69, 9.17) is 14.1 Å². The van der Waals surface area contributed by atoms with Gasteiger partial charge in [-0.15, -0.1) is 0 Å². The van der Waals surface area contributed by atoms with Crippen molar-refractivity contribution in [2.45, 2.75) is 26.3 Å². The molecule has 5 heteroatoms. The molecule has 2 aromatic carbocycles. The van der Waals surface area contributed by atoms with Crippen LogP contribution in [-0.2, 0) is 13.0 Å². The Kier molecular flexibility index (Phi) is 6.15. The van der Waals surface area contributed by atoms with Gasteiger partial charge >= 0.3 is 0 Å². The van der Waals surface area contributed by atoms with Crippen LogP contribution in [0.3, 0.4) is 0 Å². The van der Waals surface area contributed by atoms with Crippen LogP contribution in [0.2, 0.25) is 0 Å². The molecule has 1 aromatic heterocycles. The van der Waals surface area contributed by atoms with E-state index in [1.165, 1.54) is 11.3 Å². The Morgan fingerprint density at radius 1 is 1.03 bits per heavy atom. The largest absolute Gasteiger partial charge is 0.495 e. The first-order valence-corrected chi connectivity index (χ1v) is 10.4. The second kappa shape index (κ2) is 9.14. The lowest BCUT2D eigenvalue weighted by molar-refractivity contribution is 0.282. The maximum absolute atomic E-state index is 5.71. The molecule has 2 heterocycles. The lowest BCUT2D eigenvalue weighted by Crippen LogP contribution is -2.30. The Morgan fingerprint density at radius 2 is 1.90 bits per heavy atom. The molecule has 0 N–H and O–H groups in total. The van der Waals surface area contributed by atoms with Crippen LogP contribution >= 0.6 is 0 Å². The Bertz CT molecular complexity index is 923. The van der Waals surface area contributed by atoms with Gasteiger partial charge in [-0.25, -0.2) is 4.98 Å². The predicted molar refractivity (Wildman–Crippen MR) is 116 cm³/mol. The van der Waals surface area contributed by atoms with Crippen molar-refractivity contribution in [3.8, 4) is 17.2 Å². The second-order valence-electron chi connectivity index (χ2n) is 7.49. The van der Waals surface area contributed by atoms with Gasteiger partial charge in [0.1, 0.15) is 12.0 Å². The van der Waals surface area contributed by atoms with Crippen molar-refractivity contribution in [3.05, 3.63) is 66.1 Å². The maximum Gasteiger partial charge on any atom is 0.226 e. The third-order valence-corrected chi connectivity index (χ3v) is 5.54. The number of aryl methyl sites for hydroxylation is 1. The number of ether oxygens (including phenoxy) is 1. The third kappa shape index (κ3) is 4.62. The number of hydrogen-bond donors (Lipinski definition) is 0. The molecule has 1 aliphatic rings. The van der Waals surface area contributed by atoms with Gasteiger partial charge in [-0.05, 0) is 42.7 Å². The summed E-state index contributed by atoms with van der Waals surface area (Å²) in [6.45, 7) is 7.07. The SMILES string of the molecule is CCc1ccc(OC)c(N2CCCN(Cc3coc(-c4ccccc4)n3)CC2)c1. The number of benzene rings is 2. The van der Waals surface area contributed by atoms with Gasteiger partial charge in [0.15, 0.2) is 0 Å². The van der Waals surface area contributed by atoms with Crippen LogP contribution in [0.4, 0.5) is 5.69 Å². The minimum atomic E-state index is 0.693. The predicted octanol–water partition coefficient (Wildman–Crippen LogP) is 4.62. The van der Waals surface area contributed by atoms with Crippen LogP contribution in [0.25, 0.3) is 11.5 Å². The highest BCUT2D eigenvalue weighted by Crippen LogP contribution is 2.30. The third-order valence-electron chi connectivity index (χ3n) is 5.54. The summed E-state index contributed by atoms with van der Waals surface area (Å²) in [6.07, 6.45) is 3.94. The summed E-state index contributed by atoms with van der Waals surface area (Å²) in [6, 6.07) is 16.6. The van der Waals surface area contributed by atoms with Gasteiger partial charge in [0, 0.05) is 38.3 Å². The molecule has 4 rings (SSSR count). The molecule has 0 amide bonds. The topological polar surface area (TPSA) is 41.7 Å². The monoisotopic (exact) mass is 391 g/mol. The highest BCUT2D eigenvalue weighted by atomic mass is 16.5. The van der Waals surface area contributed by atoms with Crippen LogP contribution in [-0.4, -0.2) is 43.2 Å². The van der Waals surface area contributed by atoms with Crippen molar-refractivity contribution >= 4 is 5.69 Å². The van der Waals surface area contributed by atoms with E-state index in [1.54, 1.807) is 13.4 Å². The van der Waals surface area contributed by atoms with Gasteiger partial charge in [0.2, 0.25) is 5.89 Å². The molecule has 0 bridgehead atoms. The van der Waals surface area contributed by atoms with Gasteiger partial charge in [-0.3, -0.25) is 4.90 Å². The molecule has 1 fully saturated rings. The minimum absolute atomic E-state index is 0.693. The highest BCUT2D eigenvalue weighted by Gasteiger charge is 2.19. The van der Waals surface area contributed by atoms with E-state index in [1.807, 2.05) is 30.3 Å². The molecule has 0 saturated carbocycles. The van der Waals surface area contributed by atoms with E-state index < -0.39 is 0 Å². The van der Waals surface area contributed by atoms with Crippen molar-refractivity contribution in [2.24, 2.45) is 0 Å². The fraction of sp³-hybridized carbons (Fsp3) is 0.375. The quantitative estimate of drug-likeness (QED) is 0.613. The maximum atomic E-state index is 5.71. The summed E-state index contributed by atoms with van der Waals surface area (Å²) < 4.78 is 11.3. The van der Waals surface area contributed by atoms with Gasteiger partial charge in [-0.1, -0.05) is 31.2 Å². The Labute approximate surface area is 172 Å². The van der Waals surface area contributed by atoms with Crippen LogP contribution in [0.1, 0.15) is 24.6 Å². The van der Waals surface area contributed by atoms with E-state index in [0.29, 0.717) is 5.89 Å². The van der Waals surface area contributed by atoms with Crippen LogP contribution < -0.4 is 9.64 Å². The second-order valence-corrected chi connectivity index (χ2v) is 7.49. The normalized spacial score (nSPS) is 15.3. The van der Waals surface area contributed by atoms with Gasteiger partial charge in [0.25, 0.3) is 0 Å². The van der Waals surface area contributed by atoms with Crippen LogP contribution in [0.5, 0.6) is 5.75 Å². The number of aromatic nitrogens is 1. The Morgan fingerprint density at radius 3 is 2.69 bits per heavy atom. The van der Waals surface area contributed by atoms with E-state index in [9.17, 15) is 0 Å². The highest BCUT2D eigenvalue weighted by molar-refractivity contribution is 5.60. The molecule has 0 spiro atoms. The van der Waals surface area contributed by atoms with E-state index in [-0.39, 0.29) is 0 Å². The Hall–Kier alpha value is -2.79. The molecule has 29 heavy (non-hydrogen) atoms. The molecule has 0 atom stereocenters. The smallest absolute Gasteiger partial charge is 0.226 e. The van der Waals surface area contributed by atoms with Crippen molar-refractivity contribution in [1.82, 2.24) is 9.88 Å². The lowest BCUT2D eigenvalue weighted by atomic mass is 10.1. The molecule has 1 saturated heterocycles. The molecular weight excluding hydrogens is 362 g/mol. The minimum Gasteiger partial charge on any atom is -0.495 e. The fourth-order valence-corrected chi connectivity index (χ4v) is 3.89. The van der Waals surface area contributed by atoms with Gasteiger partial charge in [-0.2, -0.15) is 0 Å². The fourth-order valence-electron chi connectivity index (χ4n) is 3.89. The molecule has 0 unspecified atom stereocenters. The summed E-state index contributed by atoms with van der Waals surface area (Å²) in [5.41, 5.74) is 4.56. The lowest BCUT2D eigenvalue weighted by Gasteiger charge is -2.25. The Balaban J connectivity index is 1.42. The number of nitrogens with zero attached hydrogens (tertiary/aromatic N) is 3. The molecule has 1 aliphatic heterocycles. The molecule has 0 aliphatic carbocycles.